The van der Waals surface area contributed by atoms with Crippen LogP contribution in [-0.2, 0) is 10.9 Å². The second-order valence-electron chi connectivity index (χ2n) is 8.40. The van der Waals surface area contributed by atoms with Crippen molar-refractivity contribution in [3.63, 3.8) is 0 Å². The molecule has 5 aromatic rings. The fraction of sp³-hybridized carbons (Fsp3) is 0.0357. The summed E-state index contributed by atoms with van der Waals surface area (Å²) in [7, 11) is -11.1. The van der Waals surface area contributed by atoms with Gasteiger partial charge in [-0.3, -0.25) is 4.79 Å². The molecular formula is C28H21F6O2PS. The topological polar surface area (TPSA) is 30.2 Å². The average molecular weight is 567 g/mol. The summed E-state index contributed by atoms with van der Waals surface area (Å²) in [4.78, 5) is 15.1. The zero-order chi connectivity index (χ0) is 27.6. The number of para-hydroxylation sites is 1. The molecule has 0 fully saturated rings. The van der Waals surface area contributed by atoms with Crippen LogP contribution in [0.15, 0.2) is 128 Å². The molecule has 5 rings (SSSR count). The molecule has 0 radical (unpaired) electrons. The molecule has 0 aliphatic carbocycles. The van der Waals surface area contributed by atoms with Gasteiger partial charge in [0, 0.05) is 22.6 Å². The first-order valence-electron chi connectivity index (χ1n) is 11.2. The van der Waals surface area contributed by atoms with Gasteiger partial charge in [0.15, 0.2) is 15.6 Å². The van der Waals surface area contributed by atoms with Gasteiger partial charge in [0.25, 0.3) is 0 Å². The summed E-state index contributed by atoms with van der Waals surface area (Å²) in [6.07, 6.45) is 0. The number of hydrogen-bond acceptors (Lipinski definition) is 2. The molecule has 1 heterocycles. The number of furan rings is 1. The Hall–Kier alpha value is -3.55. The van der Waals surface area contributed by atoms with Crippen LogP contribution in [0.5, 0.6) is 0 Å². The third kappa shape index (κ3) is 7.97. The predicted molar refractivity (Wildman–Crippen MR) is 139 cm³/mol. The minimum absolute atomic E-state index is 0.0334. The molecule has 198 valence electrons. The summed E-state index contributed by atoms with van der Waals surface area (Å²) >= 11 is 0. The second kappa shape index (κ2) is 9.64. The number of benzene rings is 4. The van der Waals surface area contributed by atoms with Gasteiger partial charge in [0.2, 0.25) is 0 Å². The van der Waals surface area contributed by atoms with Gasteiger partial charge >= 0.3 is 38.1 Å². The van der Waals surface area contributed by atoms with Crippen LogP contribution in [0, 0.1) is 6.92 Å². The van der Waals surface area contributed by atoms with Crippen LogP contribution in [-0.4, -0.2) is 5.78 Å². The zero-order valence-corrected chi connectivity index (χ0v) is 21.5. The first-order chi connectivity index (χ1) is 17.6. The molecule has 0 aliphatic rings. The number of hydrogen-bond donors (Lipinski definition) is 0. The summed E-state index contributed by atoms with van der Waals surface area (Å²) in [6, 6.07) is 36.1. The van der Waals surface area contributed by atoms with E-state index in [0.29, 0.717) is 11.1 Å². The van der Waals surface area contributed by atoms with Crippen molar-refractivity contribution in [3.8, 4) is 0 Å². The Balaban J connectivity index is 0.000000426. The van der Waals surface area contributed by atoms with Crippen molar-refractivity contribution in [2.45, 2.75) is 21.8 Å². The zero-order valence-electron chi connectivity index (χ0n) is 19.8. The summed E-state index contributed by atoms with van der Waals surface area (Å²) in [5.74, 6) is 0.0334. The fourth-order valence-corrected chi connectivity index (χ4v) is 5.57. The van der Waals surface area contributed by atoms with Gasteiger partial charge in [0.1, 0.15) is 16.5 Å². The molecule has 0 saturated heterocycles. The van der Waals surface area contributed by atoms with Crippen LogP contribution in [0.2, 0.25) is 0 Å². The Morgan fingerprint density at radius 2 is 1.13 bits per heavy atom. The van der Waals surface area contributed by atoms with Crippen LogP contribution in [0.4, 0.5) is 25.2 Å². The molecule has 0 aliphatic heterocycles. The van der Waals surface area contributed by atoms with Crippen molar-refractivity contribution >= 4 is 35.5 Å². The normalized spacial score (nSPS) is 14.1. The molecular weight excluding hydrogens is 545 g/mol. The Morgan fingerprint density at radius 1 is 0.658 bits per heavy atom. The Bertz CT molecular complexity index is 1520. The Labute approximate surface area is 217 Å². The molecule has 0 spiro atoms. The van der Waals surface area contributed by atoms with Crippen molar-refractivity contribution in [1.82, 2.24) is 0 Å². The van der Waals surface area contributed by atoms with E-state index in [2.05, 4.69) is 43.3 Å². The van der Waals surface area contributed by atoms with E-state index in [1.54, 1.807) is 0 Å². The number of halogens is 6. The molecule has 1 aromatic heterocycles. The van der Waals surface area contributed by atoms with E-state index in [0.717, 1.165) is 21.0 Å². The summed E-state index contributed by atoms with van der Waals surface area (Å²) in [5.41, 5.74) is 3.50. The van der Waals surface area contributed by atoms with Gasteiger partial charge in [-0.2, -0.15) is 0 Å². The Kier molecular flexibility index (Phi) is 6.97. The fourth-order valence-electron chi connectivity index (χ4n) is 3.60. The standard InChI is InChI=1S/C28H21O2S.F6P/c1-20-11-15-24(16-12-20)31(27-19-23-9-5-6-10-26(23)30-27)25-17-13-22(14-18-25)28(29)21-7-3-2-4-8-21;1-7(2,3,4,5)6/h2-19H,1H3;/q+1;-1. The van der Waals surface area contributed by atoms with Crippen molar-refractivity contribution in [1.29, 1.82) is 0 Å². The number of aryl methyl sites for hydroxylation is 1. The first-order valence-corrected chi connectivity index (χ1v) is 14.5. The molecule has 2 nitrogen and oxygen atoms in total. The van der Waals surface area contributed by atoms with Gasteiger partial charge in [-0.1, -0.05) is 66.2 Å². The molecule has 10 heteroatoms. The molecule has 0 N–H and O–H groups in total. The quantitative estimate of drug-likeness (QED) is 0.0917. The van der Waals surface area contributed by atoms with Gasteiger partial charge in [-0.05, 0) is 49.4 Å². The van der Waals surface area contributed by atoms with E-state index in [4.69, 9.17) is 4.42 Å². The number of carbonyl (C=O) groups is 1. The van der Waals surface area contributed by atoms with Crippen LogP contribution in [0.3, 0.4) is 0 Å². The monoisotopic (exact) mass is 566 g/mol. The van der Waals surface area contributed by atoms with E-state index < -0.39 is 18.7 Å². The van der Waals surface area contributed by atoms with E-state index in [9.17, 15) is 30.0 Å². The minimum atomic E-state index is -10.7. The van der Waals surface area contributed by atoms with E-state index in [-0.39, 0.29) is 5.78 Å². The summed E-state index contributed by atoms with van der Waals surface area (Å²) < 4.78 is 65.5. The number of fused-ring (bicyclic) bond motifs is 1. The third-order valence-electron chi connectivity index (χ3n) is 5.25. The van der Waals surface area contributed by atoms with Crippen molar-refractivity contribution < 1.29 is 34.4 Å². The van der Waals surface area contributed by atoms with Gasteiger partial charge < -0.3 is 4.42 Å². The Morgan fingerprint density at radius 3 is 1.68 bits per heavy atom. The van der Waals surface area contributed by atoms with E-state index in [1.165, 1.54) is 10.5 Å². The van der Waals surface area contributed by atoms with Crippen molar-refractivity contribution in [2.75, 3.05) is 0 Å². The van der Waals surface area contributed by atoms with Crippen LogP contribution >= 0.6 is 7.81 Å². The van der Waals surface area contributed by atoms with E-state index >= 15 is 0 Å². The van der Waals surface area contributed by atoms with Gasteiger partial charge in [-0.15, -0.1) is 0 Å². The molecule has 0 saturated carbocycles. The molecule has 0 bridgehead atoms. The van der Waals surface area contributed by atoms with E-state index in [1.807, 2.05) is 72.8 Å². The number of rotatable bonds is 5. The average Bonchev–Trinajstić information content (AvgIpc) is 3.28. The van der Waals surface area contributed by atoms with Crippen LogP contribution < -0.4 is 0 Å². The van der Waals surface area contributed by atoms with Crippen molar-refractivity contribution in [3.05, 3.63) is 126 Å². The molecule has 1 unspecified atom stereocenters. The third-order valence-corrected chi connectivity index (χ3v) is 7.34. The molecule has 4 aromatic carbocycles. The number of carbonyl (C=O) groups excluding carboxylic acids is 1. The van der Waals surface area contributed by atoms with Gasteiger partial charge in [-0.25, -0.2) is 0 Å². The SMILES string of the molecule is Cc1ccc([S+](c2ccc(C(=O)c3ccccc3)cc2)c2cc3ccccc3o2)cc1.F[P-](F)(F)(F)(F)F. The van der Waals surface area contributed by atoms with Crippen molar-refractivity contribution in [2.24, 2.45) is 0 Å². The molecule has 1 atom stereocenters. The molecule has 0 amide bonds. The summed E-state index contributed by atoms with van der Waals surface area (Å²) in [6.45, 7) is 2.09. The van der Waals surface area contributed by atoms with Crippen LogP contribution in [0.25, 0.3) is 11.0 Å². The predicted octanol–water partition coefficient (Wildman–Crippen LogP) is 10.5. The molecule has 38 heavy (non-hydrogen) atoms. The second-order valence-corrected chi connectivity index (χ2v) is 12.3. The maximum absolute atomic E-state index is 12.8. The maximum atomic E-state index is 12.8. The summed E-state index contributed by atoms with van der Waals surface area (Å²) in [5, 5.41) is 2.02. The first kappa shape index (κ1) is 27.5. The van der Waals surface area contributed by atoms with Gasteiger partial charge in [0.05, 0.1) is 0 Å². The number of ketones is 1. The van der Waals surface area contributed by atoms with Crippen LogP contribution in [0.1, 0.15) is 21.5 Å².